The van der Waals surface area contributed by atoms with Crippen LogP contribution in [-0.4, -0.2) is 28.3 Å². The molecule has 1 N–H and O–H groups in total. The van der Waals surface area contributed by atoms with E-state index in [-0.39, 0.29) is 12.3 Å². The van der Waals surface area contributed by atoms with Crippen LogP contribution in [0.4, 0.5) is 13.2 Å². The van der Waals surface area contributed by atoms with Gasteiger partial charge in [-0.1, -0.05) is 20.3 Å². The van der Waals surface area contributed by atoms with Crippen molar-refractivity contribution in [2.75, 3.05) is 5.75 Å². The molecule has 6 heteroatoms. The van der Waals surface area contributed by atoms with Crippen molar-refractivity contribution in [1.29, 1.82) is 0 Å². The number of carboxylic acid groups (broad SMARTS) is 1. The van der Waals surface area contributed by atoms with Gasteiger partial charge in [-0.05, 0) is 24.5 Å². The van der Waals surface area contributed by atoms with Crippen molar-refractivity contribution >= 4 is 17.7 Å². The second-order valence-corrected chi connectivity index (χ2v) is 5.55. The van der Waals surface area contributed by atoms with Crippen LogP contribution in [0, 0.1) is 5.92 Å². The quantitative estimate of drug-likeness (QED) is 0.680. The number of thioether (sulfide) groups is 1. The largest absolute Gasteiger partial charge is 0.480 e. The van der Waals surface area contributed by atoms with Crippen LogP contribution in [0.15, 0.2) is 0 Å². The number of hydrogen-bond acceptors (Lipinski definition) is 2. The third-order valence-corrected chi connectivity index (χ3v) is 3.88. The van der Waals surface area contributed by atoms with Crippen LogP contribution >= 0.6 is 11.8 Å². The maximum Gasteiger partial charge on any atom is 0.389 e. The number of halogens is 3. The first kappa shape index (κ1) is 16.6. The zero-order valence-corrected chi connectivity index (χ0v) is 10.9. The summed E-state index contributed by atoms with van der Waals surface area (Å²) in [5, 5.41) is 8.42. The standard InChI is InChI=1S/C11H19F3O2S/c1-8(2)9(10(15)16)17-7-5-3-4-6-11(12,13)14/h8-9H,3-7H2,1-2H3,(H,15,16). The lowest BCUT2D eigenvalue weighted by Gasteiger charge is -2.15. The summed E-state index contributed by atoms with van der Waals surface area (Å²) in [6.07, 6.45) is -3.56. The molecule has 0 aromatic carbocycles. The zero-order chi connectivity index (χ0) is 13.5. The van der Waals surface area contributed by atoms with Gasteiger partial charge in [0.25, 0.3) is 0 Å². The van der Waals surface area contributed by atoms with Crippen molar-refractivity contribution in [1.82, 2.24) is 0 Å². The molecule has 0 radical (unpaired) electrons. The molecule has 0 aromatic heterocycles. The minimum atomic E-state index is -4.07. The molecule has 0 saturated heterocycles. The van der Waals surface area contributed by atoms with E-state index in [2.05, 4.69) is 0 Å². The maximum absolute atomic E-state index is 11.8. The maximum atomic E-state index is 11.8. The molecule has 102 valence electrons. The second kappa shape index (κ2) is 7.84. The Bertz CT molecular complexity index is 229. The predicted octanol–water partition coefficient (Wildman–Crippen LogP) is 3.95. The number of hydrogen-bond donors (Lipinski definition) is 1. The van der Waals surface area contributed by atoms with E-state index in [0.29, 0.717) is 18.6 Å². The van der Waals surface area contributed by atoms with Gasteiger partial charge in [0.15, 0.2) is 0 Å². The van der Waals surface area contributed by atoms with E-state index in [0.717, 1.165) is 0 Å². The lowest BCUT2D eigenvalue weighted by atomic mass is 10.1. The molecular formula is C11H19F3O2S. The minimum absolute atomic E-state index is 0.0349. The molecule has 0 spiro atoms. The van der Waals surface area contributed by atoms with E-state index in [1.165, 1.54) is 11.8 Å². The summed E-state index contributed by atoms with van der Waals surface area (Å²) in [6.45, 7) is 3.66. The molecule has 0 amide bonds. The van der Waals surface area contributed by atoms with Gasteiger partial charge in [-0.3, -0.25) is 4.79 Å². The Kier molecular flexibility index (Phi) is 7.66. The SMILES string of the molecule is CC(C)C(SCCCCCC(F)(F)F)C(=O)O. The Balaban J connectivity index is 3.60. The first-order valence-corrected chi connectivity index (χ1v) is 6.70. The molecular weight excluding hydrogens is 253 g/mol. The lowest BCUT2D eigenvalue weighted by molar-refractivity contribution is -0.137. The van der Waals surface area contributed by atoms with Crippen LogP contribution in [0.5, 0.6) is 0 Å². The minimum Gasteiger partial charge on any atom is -0.480 e. The number of carbonyl (C=O) groups is 1. The van der Waals surface area contributed by atoms with Gasteiger partial charge in [0, 0.05) is 6.42 Å². The van der Waals surface area contributed by atoms with Crippen LogP contribution in [0.2, 0.25) is 0 Å². The lowest BCUT2D eigenvalue weighted by Crippen LogP contribution is -2.22. The van der Waals surface area contributed by atoms with E-state index >= 15 is 0 Å². The van der Waals surface area contributed by atoms with E-state index in [4.69, 9.17) is 5.11 Å². The van der Waals surface area contributed by atoms with Gasteiger partial charge in [0.2, 0.25) is 0 Å². The Morgan fingerprint density at radius 3 is 2.24 bits per heavy atom. The molecule has 1 unspecified atom stereocenters. The topological polar surface area (TPSA) is 37.3 Å². The van der Waals surface area contributed by atoms with Gasteiger partial charge >= 0.3 is 12.1 Å². The van der Waals surface area contributed by atoms with Gasteiger partial charge in [-0.2, -0.15) is 13.2 Å². The van der Waals surface area contributed by atoms with E-state index in [1.807, 2.05) is 13.8 Å². The molecule has 0 heterocycles. The molecule has 0 aliphatic rings. The van der Waals surface area contributed by atoms with Gasteiger partial charge in [0.05, 0.1) is 0 Å². The number of unbranched alkanes of at least 4 members (excludes halogenated alkanes) is 2. The summed E-state index contributed by atoms with van der Waals surface area (Å²) in [5.41, 5.74) is 0. The van der Waals surface area contributed by atoms with Crippen molar-refractivity contribution < 1.29 is 23.1 Å². The highest BCUT2D eigenvalue weighted by atomic mass is 32.2. The predicted molar refractivity (Wildman–Crippen MR) is 63.2 cm³/mol. The molecule has 0 aliphatic carbocycles. The zero-order valence-electron chi connectivity index (χ0n) is 10.1. The Hall–Kier alpha value is -0.390. The highest BCUT2D eigenvalue weighted by molar-refractivity contribution is 8.00. The van der Waals surface area contributed by atoms with Crippen LogP contribution in [0.3, 0.4) is 0 Å². The molecule has 0 saturated carbocycles. The van der Waals surface area contributed by atoms with Crippen LogP contribution in [0.25, 0.3) is 0 Å². The van der Waals surface area contributed by atoms with Gasteiger partial charge in [-0.15, -0.1) is 11.8 Å². The Labute approximate surface area is 104 Å². The third kappa shape index (κ3) is 9.32. The van der Waals surface area contributed by atoms with Gasteiger partial charge < -0.3 is 5.11 Å². The van der Waals surface area contributed by atoms with Crippen molar-refractivity contribution in [3.63, 3.8) is 0 Å². The number of rotatable bonds is 8. The monoisotopic (exact) mass is 272 g/mol. The summed E-state index contributed by atoms with van der Waals surface area (Å²) in [4.78, 5) is 10.8. The summed E-state index contributed by atoms with van der Waals surface area (Å²) in [6, 6.07) is 0. The molecule has 0 rings (SSSR count). The fourth-order valence-corrected chi connectivity index (χ4v) is 2.52. The third-order valence-electron chi connectivity index (χ3n) is 2.25. The highest BCUT2D eigenvalue weighted by Crippen LogP contribution is 2.24. The summed E-state index contributed by atoms with van der Waals surface area (Å²) in [7, 11) is 0. The van der Waals surface area contributed by atoms with Crippen LogP contribution in [0.1, 0.15) is 39.5 Å². The number of carboxylic acids is 1. The van der Waals surface area contributed by atoms with Crippen molar-refractivity contribution in [3.8, 4) is 0 Å². The molecule has 0 fully saturated rings. The molecule has 17 heavy (non-hydrogen) atoms. The smallest absolute Gasteiger partial charge is 0.389 e. The molecule has 0 aromatic rings. The van der Waals surface area contributed by atoms with E-state index in [1.54, 1.807) is 0 Å². The van der Waals surface area contributed by atoms with Crippen molar-refractivity contribution in [2.24, 2.45) is 5.92 Å². The average Bonchev–Trinajstić information content (AvgIpc) is 2.13. The second-order valence-electron chi connectivity index (χ2n) is 4.30. The average molecular weight is 272 g/mol. The fourth-order valence-electron chi connectivity index (χ4n) is 1.36. The molecule has 2 nitrogen and oxygen atoms in total. The molecule has 0 bridgehead atoms. The molecule has 1 atom stereocenters. The van der Waals surface area contributed by atoms with Crippen molar-refractivity contribution in [3.05, 3.63) is 0 Å². The summed E-state index contributed by atoms with van der Waals surface area (Å²) >= 11 is 1.31. The first-order valence-electron chi connectivity index (χ1n) is 5.65. The van der Waals surface area contributed by atoms with Crippen LogP contribution in [-0.2, 0) is 4.79 Å². The normalized spacial score (nSPS) is 14.0. The number of aliphatic carboxylic acids is 1. The Morgan fingerprint density at radius 2 is 1.82 bits per heavy atom. The molecule has 0 aliphatic heterocycles. The number of alkyl halides is 3. The highest BCUT2D eigenvalue weighted by Gasteiger charge is 2.26. The summed E-state index contributed by atoms with van der Waals surface area (Å²) in [5.74, 6) is -0.208. The van der Waals surface area contributed by atoms with Crippen LogP contribution < -0.4 is 0 Å². The first-order chi connectivity index (χ1) is 7.74. The summed E-state index contributed by atoms with van der Waals surface area (Å²) < 4.78 is 35.5. The fraction of sp³-hybridized carbons (Fsp3) is 0.909. The van der Waals surface area contributed by atoms with E-state index in [9.17, 15) is 18.0 Å². The van der Waals surface area contributed by atoms with E-state index < -0.39 is 23.8 Å². The van der Waals surface area contributed by atoms with Crippen molar-refractivity contribution in [2.45, 2.75) is 51.0 Å². The van der Waals surface area contributed by atoms with Gasteiger partial charge in [0.1, 0.15) is 5.25 Å². The van der Waals surface area contributed by atoms with Gasteiger partial charge in [-0.25, -0.2) is 0 Å². The Morgan fingerprint density at radius 1 is 1.24 bits per heavy atom.